The standard InChI is InChI=1S/C26H24N2O6/c1-33-15-23(24(29)27-17-12-10-16(11-13-17)25(30)31)28-26(32)34-14-22-20-8-4-2-6-18(20)19-7-3-5-9-21(19)22/h2-13,22-23H,14-15H2,1H3,(H,27,29)(H,28,32)(H,30,31)/t23-/m0/s1. The second kappa shape index (κ2) is 10.2. The van der Waals surface area contributed by atoms with Gasteiger partial charge in [0.05, 0.1) is 12.2 Å². The number of methoxy groups -OCH3 is 1. The number of carbonyl (C=O) groups is 3. The van der Waals surface area contributed by atoms with E-state index in [1.807, 2.05) is 36.4 Å². The molecular weight excluding hydrogens is 436 g/mol. The molecule has 3 N–H and O–H groups in total. The Kier molecular flexibility index (Phi) is 6.89. The Morgan fingerprint density at radius 2 is 1.50 bits per heavy atom. The lowest BCUT2D eigenvalue weighted by Crippen LogP contribution is -2.47. The first kappa shape index (κ1) is 23.0. The van der Waals surface area contributed by atoms with Crippen LogP contribution in [0, 0.1) is 0 Å². The van der Waals surface area contributed by atoms with Crippen molar-refractivity contribution >= 4 is 23.7 Å². The Bertz CT molecular complexity index is 1160. The van der Waals surface area contributed by atoms with Crippen molar-refractivity contribution in [1.29, 1.82) is 0 Å². The highest BCUT2D eigenvalue weighted by molar-refractivity contribution is 5.97. The smallest absolute Gasteiger partial charge is 0.407 e. The lowest BCUT2D eigenvalue weighted by atomic mass is 9.98. The second-order valence-electron chi connectivity index (χ2n) is 7.85. The number of hydrogen-bond acceptors (Lipinski definition) is 5. The molecule has 3 aromatic carbocycles. The molecule has 34 heavy (non-hydrogen) atoms. The van der Waals surface area contributed by atoms with E-state index in [4.69, 9.17) is 14.6 Å². The molecule has 2 amide bonds. The van der Waals surface area contributed by atoms with Gasteiger partial charge in [0.2, 0.25) is 5.91 Å². The lowest BCUT2D eigenvalue weighted by Gasteiger charge is -2.19. The van der Waals surface area contributed by atoms with E-state index in [1.165, 1.54) is 31.4 Å². The maximum atomic E-state index is 12.7. The third kappa shape index (κ3) is 4.92. The minimum absolute atomic E-state index is 0.0662. The van der Waals surface area contributed by atoms with Gasteiger partial charge in [-0.1, -0.05) is 48.5 Å². The van der Waals surface area contributed by atoms with E-state index in [-0.39, 0.29) is 24.7 Å². The molecule has 0 heterocycles. The summed E-state index contributed by atoms with van der Waals surface area (Å²) in [4.78, 5) is 36.2. The molecule has 8 nitrogen and oxygen atoms in total. The number of hydrogen-bond donors (Lipinski definition) is 3. The number of alkyl carbamates (subject to hydrolysis) is 1. The third-order valence-corrected chi connectivity index (χ3v) is 5.68. The van der Waals surface area contributed by atoms with E-state index < -0.39 is 24.0 Å². The third-order valence-electron chi connectivity index (χ3n) is 5.68. The van der Waals surface area contributed by atoms with Crippen LogP contribution < -0.4 is 10.6 Å². The van der Waals surface area contributed by atoms with Gasteiger partial charge >= 0.3 is 12.1 Å². The molecule has 0 aliphatic heterocycles. The quantitative estimate of drug-likeness (QED) is 0.470. The molecule has 0 radical (unpaired) electrons. The van der Waals surface area contributed by atoms with Gasteiger partial charge in [-0.05, 0) is 46.5 Å². The Labute approximate surface area is 196 Å². The number of carbonyl (C=O) groups excluding carboxylic acids is 2. The number of fused-ring (bicyclic) bond motifs is 3. The Balaban J connectivity index is 1.39. The monoisotopic (exact) mass is 460 g/mol. The topological polar surface area (TPSA) is 114 Å². The van der Waals surface area contributed by atoms with Crippen molar-refractivity contribution in [2.45, 2.75) is 12.0 Å². The van der Waals surface area contributed by atoms with Crippen LogP contribution in [-0.4, -0.2) is 49.4 Å². The number of rotatable bonds is 8. The van der Waals surface area contributed by atoms with Crippen molar-refractivity contribution in [1.82, 2.24) is 5.32 Å². The van der Waals surface area contributed by atoms with Crippen molar-refractivity contribution in [3.8, 4) is 11.1 Å². The van der Waals surface area contributed by atoms with E-state index in [0.29, 0.717) is 5.69 Å². The molecule has 0 unspecified atom stereocenters. The maximum absolute atomic E-state index is 12.7. The molecule has 0 saturated heterocycles. The summed E-state index contributed by atoms with van der Waals surface area (Å²) in [7, 11) is 1.42. The van der Waals surface area contributed by atoms with Gasteiger partial charge in [-0.15, -0.1) is 0 Å². The van der Waals surface area contributed by atoms with E-state index in [9.17, 15) is 14.4 Å². The summed E-state index contributed by atoms with van der Waals surface area (Å²) in [6, 6.07) is 20.7. The molecular formula is C26H24N2O6. The van der Waals surface area contributed by atoms with Crippen LogP contribution in [0.25, 0.3) is 11.1 Å². The van der Waals surface area contributed by atoms with Crippen LogP contribution in [0.5, 0.6) is 0 Å². The molecule has 0 spiro atoms. The van der Waals surface area contributed by atoms with Crippen molar-refractivity contribution in [2.24, 2.45) is 0 Å². The van der Waals surface area contributed by atoms with Gasteiger partial charge in [0, 0.05) is 18.7 Å². The Hall–Kier alpha value is -4.17. The lowest BCUT2D eigenvalue weighted by molar-refractivity contribution is -0.119. The highest BCUT2D eigenvalue weighted by Gasteiger charge is 2.29. The predicted molar refractivity (Wildman–Crippen MR) is 126 cm³/mol. The summed E-state index contributed by atoms with van der Waals surface area (Å²) in [6.07, 6.45) is -0.736. The average molecular weight is 460 g/mol. The van der Waals surface area contributed by atoms with E-state index in [2.05, 4.69) is 22.8 Å². The van der Waals surface area contributed by atoms with Gasteiger partial charge < -0.3 is 25.2 Å². The molecule has 8 heteroatoms. The average Bonchev–Trinajstić information content (AvgIpc) is 3.16. The zero-order chi connectivity index (χ0) is 24.1. The first-order valence-electron chi connectivity index (χ1n) is 10.7. The number of carboxylic acids is 1. The Morgan fingerprint density at radius 1 is 0.912 bits per heavy atom. The Morgan fingerprint density at radius 3 is 2.06 bits per heavy atom. The normalized spacial score (nSPS) is 12.9. The van der Waals surface area contributed by atoms with Gasteiger partial charge in [-0.2, -0.15) is 0 Å². The van der Waals surface area contributed by atoms with Crippen LogP contribution in [0.2, 0.25) is 0 Å². The number of aromatic carboxylic acids is 1. The van der Waals surface area contributed by atoms with Crippen LogP contribution in [-0.2, 0) is 14.3 Å². The van der Waals surface area contributed by atoms with Gasteiger partial charge in [0.25, 0.3) is 0 Å². The molecule has 1 aliphatic carbocycles. The maximum Gasteiger partial charge on any atom is 0.407 e. The van der Waals surface area contributed by atoms with E-state index in [1.54, 1.807) is 0 Å². The van der Waals surface area contributed by atoms with Crippen LogP contribution in [0.15, 0.2) is 72.8 Å². The molecule has 1 atom stereocenters. The number of ether oxygens (including phenoxy) is 2. The largest absolute Gasteiger partial charge is 0.478 e. The minimum atomic E-state index is -1.06. The molecule has 4 rings (SSSR count). The van der Waals surface area contributed by atoms with Crippen molar-refractivity contribution in [2.75, 3.05) is 25.6 Å². The summed E-state index contributed by atoms with van der Waals surface area (Å²) in [5, 5.41) is 14.2. The molecule has 0 saturated carbocycles. The SMILES string of the molecule is COC[C@H](NC(=O)OCC1c2ccccc2-c2ccccc21)C(=O)Nc1ccc(C(=O)O)cc1. The number of amides is 2. The van der Waals surface area contributed by atoms with Crippen LogP contribution >= 0.6 is 0 Å². The van der Waals surface area contributed by atoms with Gasteiger partial charge in [0.15, 0.2) is 0 Å². The zero-order valence-corrected chi connectivity index (χ0v) is 18.5. The minimum Gasteiger partial charge on any atom is -0.478 e. The van der Waals surface area contributed by atoms with Gasteiger partial charge in [0.1, 0.15) is 12.6 Å². The highest BCUT2D eigenvalue weighted by atomic mass is 16.5. The van der Waals surface area contributed by atoms with Crippen molar-refractivity contribution in [3.05, 3.63) is 89.5 Å². The fourth-order valence-electron chi connectivity index (χ4n) is 4.06. The summed E-state index contributed by atoms with van der Waals surface area (Å²) >= 11 is 0. The summed E-state index contributed by atoms with van der Waals surface area (Å²) in [6.45, 7) is 0.0566. The first-order chi connectivity index (χ1) is 16.5. The van der Waals surface area contributed by atoms with Crippen LogP contribution in [0.3, 0.4) is 0 Å². The molecule has 0 fully saturated rings. The number of nitrogens with one attached hydrogen (secondary N) is 2. The number of benzene rings is 3. The molecule has 0 bridgehead atoms. The zero-order valence-electron chi connectivity index (χ0n) is 18.5. The number of anilines is 1. The molecule has 174 valence electrons. The first-order valence-corrected chi connectivity index (χ1v) is 10.7. The second-order valence-corrected chi connectivity index (χ2v) is 7.85. The van der Waals surface area contributed by atoms with Crippen molar-refractivity contribution < 1.29 is 29.0 Å². The highest BCUT2D eigenvalue weighted by Crippen LogP contribution is 2.44. The van der Waals surface area contributed by atoms with E-state index in [0.717, 1.165) is 22.3 Å². The molecule has 0 aromatic heterocycles. The summed E-state index contributed by atoms with van der Waals surface area (Å²) in [5.41, 5.74) is 4.92. The van der Waals surface area contributed by atoms with E-state index >= 15 is 0 Å². The predicted octanol–water partition coefficient (Wildman–Crippen LogP) is 3.88. The van der Waals surface area contributed by atoms with Crippen molar-refractivity contribution in [3.63, 3.8) is 0 Å². The fourth-order valence-corrected chi connectivity index (χ4v) is 4.06. The molecule has 1 aliphatic rings. The molecule has 3 aromatic rings. The van der Waals surface area contributed by atoms with Crippen LogP contribution in [0.1, 0.15) is 27.4 Å². The summed E-state index contributed by atoms with van der Waals surface area (Å²) in [5.74, 6) is -1.67. The number of carboxylic acid groups (broad SMARTS) is 1. The fraction of sp³-hybridized carbons (Fsp3) is 0.192. The van der Waals surface area contributed by atoms with Crippen LogP contribution in [0.4, 0.5) is 10.5 Å². The van der Waals surface area contributed by atoms with Gasteiger partial charge in [-0.3, -0.25) is 4.79 Å². The summed E-state index contributed by atoms with van der Waals surface area (Å²) < 4.78 is 10.6. The van der Waals surface area contributed by atoms with Gasteiger partial charge in [-0.25, -0.2) is 9.59 Å².